The summed E-state index contributed by atoms with van der Waals surface area (Å²) in [6.45, 7) is 1.97. The summed E-state index contributed by atoms with van der Waals surface area (Å²) in [6, 6.07) is 7.76. The van der Waals surface area contributed by atoms with Gasteiger partial charge in [0.25, 0.3) is 0 Å². The molecule has 3 N–H and O–H groups in total. The van der Waals surface area contributed by atoms with Crippen LogP contribution in [-0.4, -0.2) is 29.9 Å². The van der Waals surface area contributed by atoms with E-state index in [1.54, 1.807) is 6.07 Å². The minimum atomic E-state index is -0.146. The van der Waals surface area contributed by atoms with Gasteiger partial charge in [-0.05, 0) is 38.9 Å². The van der Waals surface area contributed by atoms with Crippen LogP contribution in [0.15, 0.2) is 24.3 Å². The van der Waals surface area contributed by atoms with Gasteiger partial charge >= 0.3 is 0 Å². The van der Waals surface area contributed by atoms with Gasteiger partial charge in [-0.3, -0.25) is 9.69 Å². The number of nitrogens with zero attached hydrogens (tertiary/aromatic N) is 1. The smallest absolute Gasteiger partial charge is 0.241 e. The fourth-order valence-electron chi connectivity index (χ4n) is 3.01. The van der Waals surface area contributed by atoms with E-state index in [0.717, 1.165) is 0 Å². The lowest BCUT2D eigenvalue weighted by atomic mass is 10.1. The van der Waals surface area contributed by atoms with Gasteiger partial charge in [0.2, 0.25) is 5.91 Å². The van der Waals surface area contributed by atoms with Crippen molar-refractivity contribution in [3.05, 3.63) is 24.3 Å². The van der Waals surface area contributed by atoms with Crippen molar-refractivity contribution in [3.63, 3.8) is 0 Å². The van der Waals surface area contributed by atoms with E-state index < -0.39 is 0 Å². The maximum absolute atomic E-state index is 12.4. The quantitative estimate of drug-likeness (QED) is 0.661. The largest absolute Gasteiger partial charge is 0.397 e. The van der Waals surface area contributed by atoms with E-state index in [2.05, 4.69) is 17.3 Å². The van der Waals surface area contributed by atoms with E-state index in [4.69, 9.17) is 5.73 Å². The second-order valence-electron chi connectivity index (χ2n) is 6.06. The molecule has 1 atom stereocenters. The highest BCUT2D eigenvalue weighted by Gasteiger charge is 2.25. The van der Waals surface area contributed by atoms with Crippen LogP contribution < -0.4 is 11.1 Å². The van der Waals surface area contributed by atoms with Crippen LogP contribution in [0.4, 0.5) is 11.4 Å². The molecule has 0 spiro atoms. The SMILES string of the molecule is CC(C(=O)Nc1ccccc1N)N(C)C1CCCCCC1. The van der Waals surface area contributed by atoms with Gasteiger partial charge in [0.1, 0.15) is 0 Å². The predicted octanol–water partition coefficient (Wildman–Crippen LogP) is 3.25. The van der Waals surface area contributed by atoms with E-state index in [9.17, 15) is 4.79 Å². The Kier molecular flexibility index (Phi) is 5.62. The van der Waals surface area contributed by atoms with E-state index in [-0.39, 0.29) is 11.9 Å². The van der Waals surface area contributed by atoms with Crippen LogP contribution in [0, 0.1) is 0 Å². The van der Waals surface area contributed by atoms with Crippen molar-refractivity contribution in [2.75, 3.05) is 18.1 Å². The molecule has 0 bridgehead atoms. The molecular weight excluding hydrogens is 262 g/mol. The molecule has 0 aliphatic heterocycles. The van der Waals surface area contributed by atoms with Crippen LogP contribution in [0.5, 0.6) is 0 Å². The standard InChI is InChI=1S/C17H27N3O/c1-13(20(2)14-9-5-3-4-6-10-14)17(21)19-16-12-8-7-11-15(16)18/h7-8,11-14H,3-6,9-10,18H2,1-2H3,(H,19,21). The lowest BCUT2D eigenvalue weighted by Crippen LogP contribution is -2.45. The van der Waals surface area contributed by atoms with Crippen molar-refractivity contribution in [1.29, 1.82) is 0 Å². The predicted molar refractivity (Wildman–Crippen MR) is 88.2 cm³/mol. The third-order valence-electron chi connectivity index (χ3n) is 4.61. The minimum Gasteiger partial charge on any atom is -0.397 e. The Morgan fingerprint density at radius 1 is 1.24 bits per heavy atom. The highest BCUT2D eigenvalue weighted by molar-refractivity contribution is 5.97. The molecule has 1 aliphatic carbocycles. The van der Waals surface area contributed by atoms with Gasteiger partial charge in [-0.15, -0.1) is 0 Å². The van der Waals surface area contributed by atoms with Gasteiger partial charge in [0.05, 0.1) is 17.4 Å². The molecule has 0 radical (unpaired) electrons. The van der Waals surface area contributed by atoms with Crippen molar-refractivity contribution >= 4 is 17.3 Å². The lowest BCUT2D eigenvalue weighted by Gasteiger charge is -2.31. The number of anilines is 2. The first-order valence-electron chi connectivity index (χ1n) is 7.97. The monoisotopic (exact) mass is 289 g/mol. The minimum absolute atomic E-state index is 0.0136. The number of benzene rings is 1. The van der Waals surface area contributed by atoms with E-state index in [0.29, 0.717) is 17.4 Å². The Labute approximate surface area is 127 Å². The molecule has 1 amide bonds. The highest BCUT2D eigenvalue weighted by atomic mass is 16.2. The van der Waals surface area contributed by atoms with Crippen LogP contribution in [-0.2, 0) is 4.79 Å². The molecule has 0 heterocycles. The summed E-state index contributed by atoms with van der Waals surface area (Å²) in [5.41, 5.74) is 7.18. The molecule has 4 heteroatoms. The fraction of sp³-hybridized carbons (Fsp3) is 0.588. The highest BCUT2D eigenvalue weighted by Crippen LogP contribution is 2.23. The third-order valence-corrected chi connectivity index (χ3v) is 4.61. The molecule has 4 nitrogen and oxygen atoms in total. The Balaban J connectivity index is 1.96. The molecule has 116 valence electrons. The van der Waals surface area contributed by atoms with Crippen molar-refractivity contribution in [1.82, 2.24) is 4.90 Å². The molecule has 1 aliphatic rings. The maximum atomic E-state index is 12.4. The van der Waals surface area contributed by atoms with Crippen molar-refractivity contribution < 1.29 is 4.79 Å². The molecule has 0 saturated heterocycles. The molecule has 0 aromatic heterocycles. The average Bonchev–Trinajstić information content (AvgIpc) is 2.77. The van der Waals surface area contributed by atoms with Crippen LogP contribution in [0.3, 0.4) is 0 Å². The number of hydrogen-bond donors (Lipinski definition) is 2. The molecule has 1 aromatic carbocycles. The van der Waals surface area contributed by atoms with Gasteiger partial charge < -0.3 is 11.1 Å². The molecule has 2 rings (SSSR count). The number of para-hydroxylation sites is 2. The summed E-state index contributed by atoms with van der Waals surface area (Å²) in [5, 5.41) is 2.94. The zero-order chi connectivity index (χ0) is 15.2. The zero-order valence-corrected chi connectivity index (χ0v) is 13.1. The summed E-state index contributed by atoms with van der Waals surface area (Å²) in [6.07, 6.45) is 7.59. The molecule has 1 saturated carbocycles. The number of rotatable bonds is 4. The first kappa shape index (κ1) is 15.8. The Morgan fingerprint density at radius 3 is 2.48 bits per heavy atom. The Morgan fingerprint density at radius 2 is 1.86 bits per heavy atom. The number of hydrogen-bond acceptors (Lipinski definition) is 3. The zero-order valence-electron chi connectivity index (χ0n) is 13.1. The van der Waals surface area contributed by atoms with E-state index in [1.165, 1.54) is 38.5 Å². The summed E-state index contributed by atoms with van der Waals surface area (Å²) in [4.78, 5) is 14.6. The average molecular weight is 289 g/mol. The first-order chi connectivity index (χ1) is 10.1. The molecule has 1 aromatic rings. The number of carbonyl (C=O) groups excluding carboxylic acids is 1. The van der Waals surface area contributed by atoms with Crippen LogP contribution in [0.2, 0.25) is 0 Å². The molecule has 1 unspecified atom stereocenters. The summed E-state index contributed by atoms with van der Waals surface area (Å²) in [5.74, 6) is 0.0136. The van der Waals surface area contributed by atoms with Gasteiger partial charge in [-0.25, -0.2) is 0 Å². The second kappa shape index (κ2) is 7.46. The number of nitrogen functional groups attached to an aromatic ring is 1. The van der Waals surface area contributed by atoms with Crippen LogP contribution in [0.1, 0.15) is 45.4 Å². The van der Waals surface area contributed by atoms with Gasteiger partial charge in [0, 0.05) is 6.04 Å². The number of nitrogens with one attached hydrogen (secondary N) is 1. The molecular formula is C17H27N3O. The van der Waals surface area contributed by atoms with Crippen molar-refractivity contribution in [3.8, 4) is 0 Å². The molecule has 1 fully saturated rings. The normalized spacial score (nSPS) is 18.2. The van der Waals surface area contributed by atoms with Gasteiger partial charge in [0.15, 0.2) is 0 Å². The molecule has 21 heavy (non-hydrogen) atoms. The number of amides is 1. The van der Waals surface area contributed by atoms with Crippen LogP contribution >= 0.6 is 0 Å². The number of carbonyl (C=O) groups is 1. The summed E-state index contributed by atoms with van der Waals surface area (Å²) >= 11 is 0. The van der Waals surface area contributed by atoms with E-state index >= 15 is 0 Å². The Bertz CT molecular complexity index is 467. The Hall–Kier alpha value is -1.55. The van der Waals surface area contributed by atoms with Crippen molar-refractivity contribution in [2.45, 2.75) is 57.5 Å². The number of nitrogens with two attached hydrogens (primary N) is 1. The first-order valence-corrected chi connectivity index (χ1v) is 7.97. The van der Waals surface area contributed by atoms with Gasteiger partial charge in [-0.2, -0.15) is 0 Å². The second-order valence-corrected chi connectivity index (χ2v) is 6.06. The maximum Gasteiger partial charge on any atom is 0.241 e. The van der Waals surface area contributed by atoms with Crippen molar-refractivity contribution in [2.24, 2.45) is 0 Å². The fourth-order valence-corrected chi connectivity index (χ4v) is 3.01. The van der Waals surface area contributed by atoms with E-state index in [1.807, 2.05) is 25.1 Å². The number of likely N-dealkylation sites (N-methyl/N-ethyl adjacent to an activating group) is 1. The van der Waals surface area contributed by atoms with Gasteiger partial charge in [-0.1, -0.05) is 37.8 Å². The topological polar surface area (TPSA) is 58.4 Å². The summed E-state index contributed by atoms with van der Waals surface area (Å²) in [7, 11) is 2.06. The summed E-state index contributed by atoms with van der Waals surface area (Å²) < 4.78 is 0. The third kappa shape index (κ3) is 4.21. The van der Waals surface area contributed by atoms with Crippen LogP contribution in [0.25, 0.3) is 0 Å². The lowest BCUT2D eigenvalue weighted by molar-refractivity contribution is -0.121.